The lowest BCUT2D eigenvalue weighted by Crippen LogP contribution is -2.13. The fourth-order valence-corrected chi connectivity index (χ4v) is 1.90. The number of aromatic nitrogens is 2. The van der Waals surface area contributed by atoms with E-state index in [0.717, 1.165) is 12.8 Å². The van der Waals surface area contributed by atoms with Crippen molar-refractivity contribution in [1.82, 2.24) is 9.97 Å². The average Bonchev–Trinajstić information content (AvgIpc) is 2.32. The van der Waals surface area contributed by atoms with Crippen LogP contribution in [0.1, 0.15) is 26.7 Å². The van der Waals surface area contributed by atoms with Gasteiger partial charge in [-0.15, -0.1) is 0 Å². The quantitative estimate of drug-likeness (QED) is 0.810. The zero-order valence-electron chi connectivity index (χ0n) is 10.6. The minimum absolute atomic E-state index is 0.0942. The molecule has 0 radical (unpaired) electrons. The molecule has 2 aromatic rings. The van der Waals surface area contributed by atoms with Gasteiger partial charge < -0.3 is 15.5 Å². The number of rotatable bonds is 4. The molecule has 0 aliphatic heterocycles. The Morgan fingerprint density at radius 3 is 3.00 bits per heavy atom. The first-order valence-corrected chi connectivity index (χ1v) is 6.05. The van der Waals surface area contributed by atoms with Crippen LogP contribution >= 0.6 is 0 Å². The van der Waals surface area contributed by atoms with Crippen LogP contribution in [-0.4, -0.2) is 16.1 Å². The highest BCUT2D eigenvalue weighted by atomic mass is 16.5. The Balaban J connectivity index is 2.41. The largest absolute Gasteiger partial charge is 0.488 e. The number of anilines is 1. The predicted octanol–water partition coefficient (Wildman–Crippen LogP) is 2.07. The van der Waals surface area contributed by atoms with Crippen molar-refractivity contribution in [3.63, 3.8) is 0 Å². The second-order valence-electron chi connectivity index (χ2n) is 4.36. The minimum Gasteiger partial charge on any atom is -0.488 e. The fourth-order valence-electron chi connectivity index (χ4n) is 1.90. The number of nitrogens with zero attached hydrogens (tertiary/aromatic N) is 1. The normalized spacial score (nSPS) is 12.6. The molecule has 1 aromatic heterocycles. The second-order valence-corrected chi connectivity index (χ2v) is 4.36. The van der Waals surface area contributed by atoms with Crippen LogP contribution in [0.25, 0.3) is 10.9 Å². The van der Waals surface area contributed by atoms with E-state index in [0.29, 0.717) is 22.3 Å². The standard InChI is InChI=1S/C13H17N3O2/c1-3-4-8(2)18-12-6-11-9(5-10(12)14)13(17)16-7-15-11/h5-8H,3-4,14H2,1-2H3,(H,15,16,17). The van der Waals surface area contributed by atoms with E-state index in [1.165, 1.54) is 6.33 Å². The topological polar surface area (TPSA) is 81.0 Å². The molecule has 0 saturated heterocycles. The van der Waals surface area contributed by atoms with Crippen LogP contribution < -0.4 is 16.0 Å². The molecule has 5 heteroatoms. The van der Waals surface area contributed by atoms with Gasteiger partial charge in [-0.25, -0.2) is 4.98 Å². The van der Waals surface area contributed by atoms with Crippen molar-refractivity contribution in [2.75, 3.05) is 5.73 Å². The van der Waals surface area contributed by atoms with Crippen molar-refractivity contribution in [3.8, 4) is 5.75 Å². The van der Waals surface area contributed by atoms with E-state index in [4.69, 9.17) is 10.5 Å². The van der Waals surface area contributed by atoms with Crippen molar-refractivity contribution in [2.45, 2.75) is 32.8 Å². The van der Waals surface area contributed by atoms with Gasteiger partial charge in [0, 0.05) is 6.07 Å². The van der Waals surface area contributed by atoms with Gasteiger partial charge in [0.15, 0.2) is 0 Å². The highest BCUT2D eigenvalue weighted by Gasteiger charge is 2.09. The SMILES string of the molecule is CCCC(C)Oc1cc2nc[nH]c(=O)c2cc1N. The van der Waals surface area contributed by atoms with Crippen molar-refractivity contribution < 1.29 is 4.74 Å². The number of nitrogens with two attached hydrogens (primary N) is 1. The molecule has 3 N–H and O–H groups in total. The maximum absolute atomic E-state index is 11.6. The molecule has 0 bridgehead atoms. The highest BCUT2D eigenvalue weighted by Crippen LogP contribution is 2.26. The molecule has 1 aromatic carbocycles. The molecule has 18 heavy (non-hydrogen) atoms. The molecule has 0 aliphatic carbocycles. The number of H-pyrrole nitrogens is 1. The summed E-state index contributed by atoms with van der Waals surface area (Å²) in [4.78, 5) is 18.2. The van der Waals surface area contributed by atoms with E-state index in [2.05, 4.69) is 16.9 Å². The molecule has 0 fully saturated rings. The number of nitrogen functional groups attached to an aromatic ring is 1. The van der Waals surface area contributed by atoms with Gasteiger partial charge in [0.1, 0.15) is 5.75 Å². The van der Waals surface area contributed by atoms with Gasteiger partial charge in [0.2, 0.25) is 0 Å². The number of ether oxygens (including phenoxy) is 1. The Hall–Kier alpha value is -2.04. The molecule has 96 valence electrons. The Morgan fingerprint density at radius 1 is 1.50 bits per heavy atom. The molecule has 0 amide bonds. The Kier molecular flexibility index (Phi) is 3.50. The predicted molar refractivity (Wildman–Crippen MR) is 71.8 cm³/mol. The molecule has 1 heterocycles. The number of aromatic amines is 1. The monoisotopic (exact) mass is 247 g/mol. The molecule has 5 nitrogen and oxygen atoms in total. The summed E-state index contributed by atoms with van der Waals surface area (Å²) in [5, 5.41) is 0.477. The summed E-state index contributed by atoms with van der Waals surface area (Å²) >= 11 is 0. The first-order valence-electron chi connectivity index (χ1n) is 6.05. The summed E-state index contributed by atoms with van der Waals surface area (Å²) in [7, 11) is 0. The van der Waals surface area contributed by atoms with Crippen molar-refractivity contribution in [2.24, 2.45) is 0 Å². The first kappa shape index (κ1) is 12.4. The Morgan fingerprint density at radius 2 is 2.28 bits per heavy atom. The highest BCUT2D eigenvalue weighted by molar-refractivity contribution is 5.84. The molecule has 0 saturated carbocycles. The first-order chi connectivity index (χ1) is 8.61. The number of nitrogens with one attached hydrogen (secondary N) is 1. The molecule has 1 unspecified atom stereocenters. The lowest BCUT2D eigenvalue weighted by Gasteiger charge is -2.15. The number of benzene rings is 1. The van der Waals surface area contributed by atoms with Crippen LogP contribution in [0.3, 0.4) is 0 Å². The van der Waals surface area contributed by atoms with Crippen LogP contribution in [0.4, 0.5) is 5.69 Å². The number of hydrogen-bond acceptors (Lipinski definition) is 4. The number of hydrogen-bond donors (Lipinski definition) is 2. The summed E-state index contributed by atoms with van der Waals surface area (Å²) in [6.45, 7) is 4.10. The third kappa shape index (κ3) is 2.45. The van der Waals surface area contributed by atoms with E-state index in [1.807, 2.05) is 6.92 Å². The van der Waals surface area contributed by atoms with Crippen molar-refractivity contribution >= 4 is 16.6 Å². The van der Waals surface area contributed by atoms with Crippen LogP contribution in [0.2, 0.25) is 0 Å². The smallest absolute Gasteiger partial charge is 0.258 e. The zero-order chi connectivity index (χ0) is 13.1. The summed E-state index contributed by atoms with van der Waals surface area (Å²) in [5.41, 5.74) is 6.75. The van der Waals surface area contributed by atoms with E-state index in [-0.39, 0.29) is 11.7 Å². The van der Waals surface area contributed by atoms with Crippen molar-refractivity contribution in [1.29, 1.82) is 0 Å². The second kappa shape index (κ2) is 5.08. The van der Waals surface area contributed by atoms with Crippen LogP contribution in [0.5, 0.6) is 5.75 Å². The molecule has 1 atom stereocenters. The maximum atomic E-state index is 11.6. The molecule has 0 aliphatic rings. The van der Waals surface area contributed by atoms with Crippen LogP contribution in [0.15, 0.2) is 23.3 Å². The zero-order valence-corrected chi connectivity index (χ0v) is 10.6. The van der Waals surface area contributed by atoms with Gasteiger partial charge >= 0.3 is 0 Å². The van der Waals surface area contributed by atoms with Crippen LogP contribution in [0, 0.1) is 0 Å². The summed E-state index contributed by atoms with van der Waals surface area (Å²) in [6.07, 6.45) is 3.48. The number of fused-ring (bicyclic) bond motifs is 1. The Labute approximate surface area is 105 Å². The minimum atomic E-state index is -0.195. The summed E-state index contributed by atoms with van der Waals surface area (Å²) in [5.74, 6) is 0.585. The van der Waals surface area contributed by atoms with Gasteiger partial charge in [-0.1, -0.05) is 13.3 Å². The third-order valence-corrected chi connectivity index (χ3v) is 2.80. The lowest BCUT2D eigenvalue weighted by molar-refractivity contribution is 0.211. The van der Waals surface area contributed by atoms with E-state index >= 15 is 0 Å². The van der Waals surface area contributed by atoms with E-state index in [1.54, 1.807) is 12.1 Å². The Bertz CT molecular complexity index is 607. The summed E-state index contributed by atoms with van der Waals surface area (Å²) < 4.78 is 5.76. The molecular weight excluding hydrogens is 230 g/mol. The van der Waals surface area contributed by atoms with Crippen molar-refractivity contribution in [3.05, 3.63) is 28.8 Å². The lowest BCUT2D eigenvalue weighted by atomic mass is 10.2. The maximum Gasteiger partial charge on any atom is 0.258 e. The van der Waals surface area contributed by atoms with Gasteiger partial charge in [-0.2, -0.15) is 0 Å². The van der Waals surface area contributed by atoms with Gasteiger partial charge in [0.05, 0.1) is 29.0 Å². The molecular formula is C13H17N3O2. The van der Waals surface area contributed by atoms with Gasteiger partial charge in [-0.05, 0) is 19.4 Å². The third-order valence-electron chi connectivity index (χ3n) is 2.80. The summed E-state index contributed by atoms with van der Waals surface area (Å²) in [6, 6.07) is 3.32. The van der Waals surface area contributed by atoms with E-state index < -0.39 is 0 Å². The fraction of sp³-hybridized carbons (Fsp3) is 0.385. The van der Waals surface area contributed by atoms with E-state index in [9.17, 15) is 4.79 Å². The van der Waals surface area contributed by atoms with Crippen LogP contribution in [-0.2, 0) is 0 Å². The molecule has 0 spiro atoms. The average molecular weight is 247 g/mol. The van der Waals surface area contributed by atoms with Gasteiger partial charge in [0.25, 0.3) is 5.56 Å². The van der Waals surface area contributed by atoms with Gasteiger partial charge in [-0.3, -0.25) is 4.79 Å². The molecule has 2 rings (SSSR count).